The van der Waals surface area contributed by atoms with Gasteiger partial charge in [-0.2, -0.15) is 0 Å². The second-order valence-electron chi connectivity index (χ2n) is 4.99. The second kappa shape index (κ2) is 5.49. The molecule has 1 atom stereocenters. The molecule has 2 amide bonds. The molecule has 1 fully saturated rings. The summed E-state index contributed by atoms with van der Waals surface area (Å²) in [5, 5.41) is 0.619. The number of allylic oxidation sites excluding steroid dienone is 1. The number of amidine groups is 1. The highest BCUT2D eigenvalue weighted by molar-refractivity contribution is 8.15. The molecular formula is C15H15N3O3S. The number of carbonyl (C=O) groups excluding carboxylic acids is 2. The molecule has 0 aliphatic carbocycles. The number of ether oxygens (including phenoxy) is 1. The van der Waals surface area contributed by atoms with E-state index in [1.807, 2.05) is 12.1 Å². The van der Waals surface area contributed by atoms with Gasteiger partial charge in [-0.3, -0.25) is 14.5 Å². The minimum absolute atomic E-state index is 0.0733. The summed E-state index contributed by atoms with van der Waals surface area (Å²) >= 11 is 1.37. The molecule has 2 aliphatic rings. The van der Waals surface area contributed by atoms with Crippen LogP contribution in [0.2, 0.25) is 0 Å². The van der Waals surface area contributed by atoms with Crippen LogP contribution in [-0.2, 0) is 9.59 Å². The van der Waals surface area contributed by atoms with Crippen LogP contribution in [0.1, 0.15) is 18.5 Å². The molecule has 1 aromatic carbocycles. The second-order valence-corrected chi connectivity index (χ2v) is 5.93. The summed E-state index contributed by atoms with van der Waals surface area (Å²) in [7, 11) is 1.58. The highest BCUT2D eigenvalue weighted by atomic mass is 32.2. The fraction of sp³-hybridized carbons (Fsp3) is 0.267. The van der Waals surface area contributed by atoms with Gasteiger partial charge in [0.15, 0.2) is 5.17 Å². The van der Waals surface area contributed by atoms with Gasteiger partial charge in [-0.05, 0) is 24.6 Å². The number of thioether (sulfide) groups is 1. The van der Waals surface area contributed by atoms with Crippen molar-refractivity contribution in [2.45, 2.75) is 13.0 Å². The van der Waals surface area contributed by atoms with E-state index in [4.69, 9.17) is 10.5 Å². The zero-order chi connectivity index (χ0) is 15.9. The minimum Gasteiger partial charge on any atom is -0.497 e. The third-order valence-electron chi connectivity index (χ3n) is 3.68. The third-order valence-corrected chi connectivity index (χ3v) is 4.62. The molecule has 7 heteroatoms. The van der Waals surface area contributed by atoms with E-state index in [-0.39, 0.29) is 5.91 Å². The first-order chi connectivity index (χ1) is 10.5. The Balaban J connectivity index is 2.13. The molecule has 3 rings (SSSR count). The van der Waals surface area contributed by atoms with E-state index in [0.717, 1.165) is 5.56 Å². The number of primary amides is 1. The van der Waals surface area contributed by atoms with Crippen LogP contribution >= 0.6 is 11.8 Å². The maximum atomic E-state index is 12.2. The van der Waals surface area contributed by atoms with Crippen molar-refractivity contribution >= 4 is 28.7 Å². The predicted molar refractivity (Wildman–Crippen MR) is 84.4 cm³/mol. The van der Waals surface area contributed by atoms with Crippen LogP contribution in [0.3, 0.4) is 0 Å². The highest BCUT2D eigenvalue weighted by Crippen LogP contribution is 2.40. The average Bonchev–Trinajstić information content (AvgIpc) is 2.86. The first kappa shape index (κ1) is 14.6. The van der Waals surface area contributed by atoms with E-state index < -0.39 is 11.9 Å². The standard InChI is InChI=1S/C15H15N3O3S/c1-8-12(14(16)20)13(9-3-5-10(21-2)6-4-9)18-11(19)7-22-15(18)17-8/h3-6,13H,7H2,1-2H3,(H2,16,20)/t13-/m0/s1. The number of carbonyl (C=O) groups is 2. The maximum Gasteiger partial charge on any atom is 0.248 e. The molecule has 114 valence electrons. The SMILES string of the molecule is COc1ccc([C@H]2C(C(N)=O)=C(C)N=C3SCC(=O)N32)cc1. The average molecular weight is 317 g/mol. The van der Waals surface area contributed by atoms with E-state index in [9.17, 15) is 9.59 Å². The monoisotopic (exact) mass is 317 g/mol. The van der Waals surface area contributed by atoms with Gasteiger partial charge in [0.25, 0.3) is 0 Å². The van der Waals surface area contributed by atoms with Gasteiger partial charge >= 0.3 is 0 Å². The smallest absolute Gasteiger partial charge is 0.248 e. The number of benzene rings is 1. The molecule has 2 N–H and O–H groups in total. The fourth-order valence-electron chi connectivity index (χ4n) is 2.66. The van der Waals surface area contributed by atoms with Gasteiger partial charge in [0.05, 0.1) is 30.2 Å². The quantitative estimate of drug-likeness (QED) is 0.914. The van der Waals surface area contributed by atoms with Crippen molar-refractivity contribution in [3.63, 3.8) is 0 Å². The van der Waals surface area contributed by atoms with Crippen molar-refractivity contribution in [1.82, 2.24) is 4.90 Å². The molecule has 1 saturated heterocycles. The Bertz CT molecular complexity index is 709. The molecule has 0 radical (unpaired) electrons. The number of hydrogen-bond donors (Lipinski definition) is 1. The first-order valence-corrected chi connectivity index (χ1v) is 7.69. The number of nitrogens with two attached hydrogens (primary N) is 1. The van der Waals surface area contributed by atoms with Gasteiger partial charge in [-0.1, -0.05) is 23.9 Å². The molecule has 1 aromatic rings. The highest BCUT2D eigenvalue weighted by Gasteiger charge is 2.42. The molecule has 0 unspecified atom stereocenters. The Hall–Kier alpha value is -2.28. The van der Waals surface area contributed by atoms with Crippen LogP contribution in [0.15, 0.2) is 40.5 Å². The zero-order valence-corrected chi connectivity index (χ0v) is 13.0. The lowest BCUT2D eigenvalue weighted by Crippen LogP contribution is -2.40. The summed E-state index contributed by atoms with van der Waals surface area (Å²) in [5.41, 5.74) is 7.25. The molecule has 2 heterocycles. The Morgan fingerprint density at radius 3 is 2.68 bits per heavy atom. The van der Waals surface area contributed by atoms with Crippen molar-refractivity contribution in [2.75, 3.05) is 12.9 Å². The Morgan fingerprint density at radius 1 is 1.41 bits per heavy atom. The van der Waals surface area contributed by atoms with Crippen LogP contribution in [0.4, 0.5) is 0 Å². The van der Waals surface area contributed by atoms with Crippen LogP contribution in [-0.4, -0.2) is 34.7 Å². The van der Waals surface area contributed by atoms with Crippen LogP contribution in [0, 0.1) is 0 Å². The number of nitrogens with zero attached hydrogens (tertiary/aromatic N) is 2. The molecule has 2 aliphatic heterocycles. The summed E-state index contributed by atoms with van der Waals surface area (Å²) < 4.78 is 5.15. The lowest BCUT2D eigenvalue weighted by molar-refractivity contribution is -0.125. The van der Waals surface area contributed by atoms with Crippen LogP contribution < -0.4 is 10.5 Å². The van der Waals surface area contributed by atoms with Gasteiger partial charge in [-0.15, -0.1) is 0 Å². The molecule has 0 saturated carbocycles. The summed E-state index contributed by atoms with van der Waals surface area (Å²) in [5.74, 6) is 0.392. The number of fused-ring (bicyclic) bond motifs is 1. The number of amides is 2. The van der Waals surface area contributed by atoms with E-state index in [1.54, 1.807) is 31.1 Å². The summed E-state index contributed by atoms with van der Waals surface area (Å²) in [4.78, 5) is 30.0. The summed E-state index contributed by atoms with van der Waals surface area (Å²) in [6.07, 6.45) is 0. The molecule has 0 bridgehead atoms. The van der Waals surface area contributed by atoms with Crippen LogP contribution in [0.5, 0.6) is 5.75 Å². The largest absolute Gasteiger partial charge is 0.497 e. The summed E-state index contributed by atoms with van der Waals surface area (Å²) in [6, 6.07) is 6.72. The fourth-order valence-corrected chi connectivity index (χ4v) is 3.60. The summed E-state index contributed by atoms with van der Waals surface area (Å²) in [6.45, 7) is 1.74. The molecule has 0 aromatic heterocycles. The van der Waals surface area contributed by atoms with E-state index in [0.29, 0.717) is 27.9 Å². The molecule has 0 spiro atoms. The normalized spacial score (nSPS) is 20.8. The van der Waals surface area contributed by atoms with Gasteiger partial charge in [0.2, 0.25) is 11.8 Å². The van der Waals surface area contributed by atoms with E-state index >= 15 is 0 Å². The Morgan fingerprint density at radius 2 is 2.09 bits per heavy atom. The maximum absolute atomic E-state index is 12.2. The third kappa shape index (κ3) is 2.27. The van der Waals surface area contributed by atoms with E-state index in [1.165, 1.54) is 11.8 Å². The van der Waals surface area contributed by atoms with Crippen molar-refractivity contribution < 1.29 is 14.3 Å². The lowest BCUT2D eigenvalue weighted by Gasteiger charge is -2.32. The van der Waals surface area contributed by atoms with Crippen molar-refractivity contribution in [1.29, 1.82) is 0 Å². The van der Waals surface area contributed by atoms with E-state index in [2.05, 4.69) is 4.99 Å². The molecular weight excluding hydrogens is 302 g/mol. The molecule has 6 nitrogen and oxygen atoms in total. The minimum atomic E-state index is -0.564. The van der Waals surface area contributed by atoms with Gasteiger partial charge in [-0.25, -0.2) is 4.99 Å². The predicted octanol–water partition coefficient (Wildman–Crippen LogP) is 1.44. The van der Waals surface area contributed by atoms with Gasteiger partial charge < -0.3 is 10.5 Å². The van der Waals surface area contributed by atoms with Crippen molar-refractivity contribution in [3.8, 4) is 5.75 Å². The first-order valence-electron chi connectivity index (χ1n) is 6.71. The Labute approximate surface area is 132 Å². The number of methoxy groups -OCH3 is 1. The molecule has 22 heavy (non-hydrogen) atoms. The zero-order valence-electron chi connectivity index (χ0n) is 12.2. The van der Waals surface area contributed by atoms with Gasteiger partial charge in [0, 0.05) is 0 Å². The van der Waals surface area contributed by atoms with Crippen molar-refractivity contribution in [2.24, 2.45) is 10.7 Å². The van der Waals surface area contributed by atoms with Crippen LogP contribution in [0.25, 0.3) is 0 Å². The van der Waals surface area contributed by atoms with Gasteiger partial charge in [0.1, 0.15) is 5.75 Å². The lowest BCUT2D eigenvalue weighted by atomic mass is 9.94. The number of aliphatic imine (C=N–C) groups is 1. The van der Waals surface area contributed by atoms with Crippen molar-refractivity contribution in [3.05, 3.63) is 41.1 Å². The number of rotatable bonds is 3. The topological polar surface area (TPSA) is 85.0 Å². The number of hydrogen-bond acceptors (Lipinski definition) is 5. The Kier molecular flexibility index (Phi) is 3.66.